The summed E-state index contributed by atoms with van der Waals surface area (Å²) in [5, 5.41) is 6.00. The maximum atomic E-state index is 12.6. The SMILES string of the molecule is CC1CCCC(NC(=O)C2CC(=O)Nc3ccccc32)C1. The van der Waals surface area contributed by atoms with Gasteiger partial charge >= 0.3 is 0 Å². The summed E-state index contributed by atoms with van der Waals surface area (Å²) in [6.45, 7) is 2.24. The van der Waals surface area contributed by atoms with Gasteiger partial charge in [-0.25, -0.2) is 0 Å². The third kappa shape index (κ3) is 3.09. The highest BCUT2D eigenvalue weighted by Gasteiger charge is 2.32. The quantitative estimate of drug-likeness (QED) is 0.878. The average Bonchev–Trinajstić information content (AvgIpc) is 2.46. The Morgan fingerprint density at radius 2 is 2.10 bits per heavy atom. The zero-order chi connectivity index (χ0) is 14.8. The van der Waals surface area contributed by atoms with Crippen LogP contribution in [0.2, 0.25) is 0 Å². The average molecular weight is 286 g/mol. The van der Waals surface area contributed by atoms with Crippen LogP contribution in [0.25, 0.3) is 0 Å². The first-order valence-electron chi connectivity index (χ1n) is 7.82. The summed E-state index contributed by atoms with van der Waals surface area (Å²) in [6, 6.07) is 7.85. The number of carbonyl (C=O) groups is 2. The number of amides is 2. The van der Waals surface area contributed by atoms with E-state index in [-0.39, 0.29) is 30.2 Å². The third-order valence-corrected chi connectivity index (χ3v) is 4.60. The molecule has 1 fully saturated rings. The Labute approximate surface area is 125 Å². The third-order valence-electron chi connectivity index (χ3n) is 4.60. The summed E-state index contributed by atoms with van der Waals surface area (Å²) in [7, 11) is 0. The molecule has 0 saturated heterocycles. The van der Waals surface area contributed by atoms with E-state index in [2.05, 4.69) is 17.6 Å². The normalized spacial score (nSPS) is 28.4. The molecule has 1 aromatic rings. The number of anilines is 1. The van der Waals surface area contributed by atoms with Crippen LogP contribution in [0.4, 0.5) is 5.69 Å². The summed E-state index contributed by atoms with van der Waals surface area (Å²) in [6.07, 6.45) is 4.77. The molecule has 2 aliphatic rings. The van der Waals surface area contributed by atoms with Gasteiger partial charge in [-0.2, -0.15) is 0 Å². The monoisotopic (exact) mass is 286 g/mol. The molecule has 2 amide bonds. The van der Waals surface area contributed by atoms with Crippen molar-refractivity contribution in [2.24, 2.45) is 5.92 Å². The molecule has 112 valence electrons. The van der Waals surface area contributed by atoms with E-state index < -0.39 is 0 Å². The number of fused-ring (bicyclic) bond motifs is 1. The van der Waals surface area contributed by atoms with E-state index in [4.69, 9.17) is 0 Å². The van der Waals surface area contributed by atoms with Crippen molar-refractivity contribution in [3.05, 3.63) is 29.8 Å². The predicted molar refractivity (Wildman–Crippen MR) is 82.0 cm³/mol. The minimum atomic E-state index is -0.354. The molecule has 3 unspecified atom stereocenters. The molecule has 0 aromatic heterocycles. The Kier molecular flexibility index (Phi) is 3.95. The van der Waals surface area contributed by atoms with E-state index >= 15 is 0 Å². The van der Waals surface area contributed by atoms with Gasteiger partial charge in [-0.1, -0.05) is 38.0 Å². The molecule has 1 aliphatic heterocycles. The minimum Gasteiger partial charge on any atom is -0.353 e. The first kappa shape index (κ1) is 14.1. The molecule has 4 nitrogen and oxygen atoms in total. The Hall–Kier alpha value is -1.84. The van der Waals surface area contributed by atoms with E-state index in [1.807, 2.05) is 24.3 Å². The Morgan fingerprint density at radius 3 is 2.90 bits per heavy atom. The topological polar surface area (TPSA) is 58.2 Å². The van der Waals surface area contributed by atoms with Crippen molar-refractivity contribution < 1.29 is 9.59 Å². The summed E-state index contributed by atoms with van der Waals surface area (Å²) >= 11 is 0. The van der Waals surface area contributed by atoms with Gasteiger partial charge in [-0.05, 0) is 30.4 Å². The largest absolute Gasteiger partial charge is 0.353 e. The van der Waals surface area contributed by atoms with Crippen molar-refractivity contribution in [1.82, 2.24) is 5.32 Å². The van der Waals surface area contributed by atoms with Crippen LogP contribution in [0.15, 0.2) is 24.3 Å². The fraction of sp³-hybridized carbons (Fsp3) is 0.529. The molecule has 1 saturated carbocycles. The maximum Gasteiger partial charge on any atom is 0.228 e. The highest BCUT2D eigenvalue weighted by Crippen LogP contribution is 2.32. The molecule has 4 heteroatoms. The van der Waals surface area contributed by atoms with Crippen molar-refractivity contribution in [1.29, 1.82) is 0 Å². The number of carbonyl (C=O) groups excluding carboxylic acids is 2. The van der Waals surface area contributed by atoms with Crippen LogP contribution in [0.5, 0.6) is 0 Å². The van der Waals surface area contributed by atoms with Crippen molar-refractivity contribution in [3.8, 4) is 0 Å². The fourth-order valence-electron chi connectivity index (χ4n) is 3.51. The summed E-state index contributed by atoms with van der Waals surface area (Å²) in [5.74, 6) is 0.237. The van der Waals surface area contributed by atoms with Crippen LogP contribution in [0, 0.1) is 5.92 Å². The predicted octanol–water partition coefficient (Wildman–Crippen LogP) is 2.81. The molecule has 21 heavy (non-hydrogen) atoms. The van der Waals surface area contributed by atoms with Crippen LogP contribution in [-0.2, 0) is 9.59 Å². The second-order valence-corrected chi connectivity index (χ2v) is 6.37. The molecule has 1 heterocycles. The molecular formula is C17H22N2O2. The van der Waals surface area contributed by atoms with E-state index in [9.17, 15) is 9.59 Å². The van der Waals surface area contributed by atoms with Crippen LogP contribution in [0.3, 0.4) is 0 Å². The van der Waals surface area contributed by atoms with Crippen molar-refractivity contribution in [3.63, 3.8) is 0 Å². The summed E-state index contributed by atoms with van der Waals surface area (Å²) in [5.41, 5.74) is 1.70. The lowest BCUT2D eigenvalue weighted by Gasteiger charge is -2.30. The summed E-state index contributed by atoms with van der Waals surface area (Å²) < 4.78 is 0. The molecule has 3 atom stereocenters. The Bertz CT molecular complexity index is 555. The number of para-hydroxylation sites is 1. The second-order valence-electron chi connectivity index (χ2n) is 6.37. The number of benzene rings is 1. The second kappa shape index (κ2) is 5.88. The highest BCUT2D eigenvalue weighted by atomic mass is 16.2. The van der Waals surface area contributed by atoms with Gasteiger partial charge in [0.1, 0.15) is 0 Å². The Balaban J connectivity index is 1.74. The molecule has 1 aliphatic carbocycles. The lowest BCUT2D eigenvalue weighted by atomic mass is 9.85. The maximum absolute atomic E-state index is 12.6. The van der Waals surface area contributed by atoms with Crippen LogP contribution >= 0.6 is 0 Å². The van der Waals surface area contributed by atoms with Gasteiger partial charge in [0.15, 0.2) is 0 Å². The van der Waals surface area contributed by atoms with Gasteiger partial charge < -0.3 is 10.6 Å². The molecule has 0 spiro atoms. The zero-order valence-corrected chi connectivity index (χ0v) is 12.4. The van der Waals surface area contributed by atoms with E-state index in [1.54, 1.807) is 0 Å². The van der Waals surface area contributed by atoms with E-state index in [1.165, 1.54) is 12.8 Å². The zero-order valence-electron chi connectivity index (χ0n) is 12.4. The van der Waals surface area contributed by atoms with E-state index in [0.29, 0.717) is 5.92 Å². The minimum absolute atomic E-state index is 0.00333. The van der Waals surface area contributed by atoms with Crippen molar-refractivity contribution in [2.75, 3.05) is 5.32 Å². The first-order valence-corrected chi connectivity index (χ1v) is 7.82. The van der Waals surface area contributed by atoms with Crippen LogP contribution in [0.1, 0.15) is 50.5 Å². The molecule has 0 radical (unpaired) electrons. The number of rotatable bonds is 2. The standard InChI is InChI=1S/C17H22N2O2/c1-11-5-4-6-12(9-11)18-17(21)14-10-16(20)19-15-8-3-2-7-13(14)15/h2-3,7-8,11-12,14H,4-6,9-10H2,1H3,(H,18,21)(H,19,20). The van der Waals surface area contributed by atoms with Gasteiger partial charge in [-0.3, -0.25) is 9.59 Å². The highest BCUT2D eigenvalue weighted by molar-refractivity contribution is 6.01. The van der Waals surface area contributed by atoms with Gasteiger partial charge in [0, 0.05) is 18.2 Å². The lowest BCUT2D eigenvalue weighted by Crippen LogP contribution is -2.42. The van der Waals surface area contributed by atoms with Crippen LogP contribution in [-0.4, -0.2) is 17.9 Å². The molecule has 0 bridgehead atoms. The molecule has 2 N–H and O–H groups in total. The van der Waals surface area contributed by atoms with Crippen molar-refractivity contribution in [2.45, 2.75) is 51.0 Å². The van der Waals surface area contributed by atoms with Gasteiger partial charge in [-0.15, -0.1) is 0 Å². The van der Waals surface area contributed by atoms with E-state index in [0.717, 1.165) is 24.1 Å². The first-order chi connectivity index (χ1) is 10.1. The van der Waals surface area contributed by atoms with Crippen molar-refractivity contribution >= 4 is 17.5 Å². The molecular weight excluding hydrogens is 264 g/mol. The number of hydrogen-bond donors (Lipinski definition) is 2. The number of nitrogens with one attached hydrogen (secondary N) is 2. The van der Waals surface area contributed by atoms with Crippen LogP contribution < -0.4 is 10.6 Å². The molecule has 3 rings (SSSR count). The Morgan fingerprint density at radius 1 is 1.29 bits per heavy atom. The number of hydrogen-bond acceptors (Lipinski definition) is 2. The lowest BCUT2D eigenvalue weighted by molar-refractivity contribution is -0.127. The summed E-state index contributed by atoms with van der Waals surface area (Å²) in [4.78, 5) is 24.4. The molecule has 1 aromatic carbocycles. The van der Waals surface area contributed by atoms with Gasteiger partial charge in [0.25, 0.3) is 0 Å². The van der Waals surface area contributed by atoms with Gasteiger partial charge in [0.2, 0.25) is 11.8 Å². The fourth-order valence-corrected chi connectivity index (χ4v) is 3.51. The smallest absolute Gasteiger partial charge is 0.228 e. The van der Waals surface area contributed by atoms with Gasteiger partial charge in [0.05, 0.1) is 5.92 Å².